The third-order valence-electron chi connectivity index (χ3n) is 1.69. The number of carboxylic acid groups (broad SMARTS) is 1. The van der Waals surface area contributed by atoms with Gasteiger partial charge < -0.3 is 15.2 Å². The molecule has 0 aliphatic rings. The average Bonchev–Trinajstić information content (AvgIpc) is 2.24. The minimum absolute atomic E-state index is 0.0585. The van der Waals surface area contributed by atoms with Crippen molar-refractivity contribution < 1.29 is 24.2 Å². The molecule has 0 radical (unpaired) electrons. The number of amides is 1. The fraction of sp³-hybridized carbons (Fsp3) is 0.364. The molecule has 0 heterocycles. The first-order chi connectivity index (χ1) is 7.86. The molecule has 0 spiro atoms. The molecule has 0 rings (SSSR count). The summed E-state index contributed by atoms with van der Waals surface area (Å²) in [5.74, 6) is -2.31. The Bertz CT molecular complexity index is 348. The van der Waals surface area contributed by atoms with Gasteiger partial charge in [0.15, 0.2) is 0 Å². The van der Waals surface area contributed by atoms with Crippen LogP contribution in [0.1, 0.15) is 13.3 Å². The number of aliphatic carboxylic acids is 1. The number of hydrogen-bond acceptors (Lipinski definition) is 4. The van der Waals surface area contributed by atoms with E-state index in [1.54, 1.807) is 6.92 Å². The van der Waals surface area contributed by atoms with Crippen LogP contribution in [0, 0.1) is 0 Å². The average molecular weight is 241 g/mol. The van der Waals surface area contributed by atoms with E-state index in [1.165, 1.54) is 0 Å². The molecule has 0 aromatic rings. The summed E-state index contributed by atoms with van der Waals surface area (Å²) in [6, 6.07) is -0.387. The number of carbonyl (C=O) groups excluding carboxylic acids is 2. The first-order valence-electron chi connectivity index (χ1n) is 4.86. The van der Waals surface area contributed by atoms with Crippen LogP contribution in [0.3, 0.4) is 0 Å². The zero-order valence-corrected chi connectivity index (χ0v) is 9.56. The topological polar surface area (TPSA) is 92.7 Å². The van der Waals surface area contributed by atoms with Gasteiger partial charge in [0.1, 0.15) is 6.61 Å². The quantitative estimate of drug-likeness (QED) is 0.492. The van der Waals surface area contributed by atoms with Crippen LogP contribution in [0.4, 0.5) is 0 Å². The molecule has 0 bridgehead atoms. The maximum Gasteiger partial charge on any atom is 0.334 e. The number of ether oxygens (including phenoxy) is 1. The summed E-state index contributed by atoms with van der Waals surface area (Å²) >= 11 is 0. The predicted octanol–water partition coefficient (Wildman–Crippen LogP) is 0.251. The number of rotatable bonds is 7. The zero-order valence-electron chi connectivity index (χ0n) is 9.56. The second-order valence-electron chi connectivity index (χ2n) is 3.39. The predicted molar refractivity (Wildman–Crippen MR) is 60.2 cm³/mol. The third-order valence-corrected chi connectivity index (χ3v) is 1.69. The lowest BCUT2D eigenvalue weighted by molar-refractivity contribution is -0.143. The number of hydrogen-bond donors (Lipinski definition) is 2. The van der Waals surface area contributed by atoms with Crippen molar-refractivity contribution in [1.82, 2.24) is 5.32 Å². The molecular weight excluding hydrogens is 226 g/mol. The smallest absolute Gasteiger partial charge is 0.334 e. The Kier molecular flexibility index (Phi) is 6.32. The Labute approximate surface area is 99.0 Å². The Morgan fingerprint density at radius 2 is 2.06 bits per heavy atom. The Morgan fingerprint density at radius 3 is 2.53 bits per heavy atom. The molecule has 6 heteroatoms. The van der Waals surface area contributed by atoms with Crippen molar-refractivity contribution >= 4 is 17.8 Å². The number of carbonyl (C=O) groups is 3. The summed E-state index contributed by atoms with van der Waals surface area (Å²) in [4.78, 5) is 32.4. The van der Waals surface area contributed by atoms with Gasteiger partial charge in [0, 0.05) is 5.57 Å². The van der Waals surface area contributed by atoms with Crippen molar-refractivity contribution in [2.75, 3.05) is 6.61 Å². The van der Waals surface area contributed by atoms with Crippen LogP contribution < -0.4 is 5.32 Å². The first-order valence-corrected chi connectivity index (χ1v) is 4.86. The fourth-order valence-electron chi connectivity index (χ4n) is 0.901. The highest BCUT2D eigenvalue weighted by atomic mass is 16.5. The van der Waals surface area contributed by atoms with E-state index in [-0.39, 0.29) is 24.1 Å². The standard InChI is InChI=1S/C11H15NO5/c1-4-9(13)12-8(3)6-17-11(16)7(2)5-10(14)15/h4,8H,1-2,5-6H2,3H3,(H,12,13)(H,14,15). The maximum absolute atomic E-state index is 11.2. The van der Waals surface area contributed by atoms with Crippen LogP contribution in [-0.4, -0.2) is 35.6 Å². The van der Waals surface area contributed by atoms with Crippen molar-refractivity contribution in [3.8, 4) is 0 Å². The van der Waals surface area contributed by atoms with E-state index in [1.807, 2.05) is 0 Å². The zero-order chi connectivity index (χ0) is 13.4. The molecule has 1 amide bonds. The van der Waals surface area contributed by atoms with Gasteiger partial charge in [0.05, 0.1) is 12.5 Å². The van der Waals surface area contributed by atoms with Gasteiger partial charge in [-0.05, 0) is 13.0 Å². The molecule has 0 saturated carbocycles. The van der Waals surface area contributed by atoms with E-state index in [2.05, 4.69) is 18.5 Å². The molecule has 17 heavy (non-hydrogen) atoms. The lowest BCUT2D eigenvalue weighted by atomic mass is 10.2. The van der Waals surface area contributed by atoms with Crippen molar-refractivity contribution in [2.24, 2.45) is 0 Å². The summed E-state index contributed by atoms with van der Waals surface area (Å²) < 4.78 is 4.76. The van der Waals surface area contributed by atoms with E-state index in [4.69, 9.17) is 9.84 Å². The van der Waals surface area contributed by atoms with Crippen molar-refractivity contribution in [3.63, 3.8) is 0 Å². The summed E-state index contributed by atoms with van der Waals surface area (Å²) in [6.45, 7) is 8.14. The highest BCUT2D eigenvalue weighted by Gasteiger charge is 2.14. The van der Waals surface area contributed by atoms with E-state index in [0.717, 1.165) is 6.08 Å². The van der Waals surface area contributed by atoms with Gasteiger partial charge in [-0.25, -0.2) is 4.79 Å². The molecule has 6 nitrogen and oxygen atoms in total. The van der Waals surface area contributed by atoms with Gasteiger partial charge in [-0.15, -0.1) is 0 Å². The van der Waals surface area contributed by atoms with Crippen LogP contribution >= 0.6 is 0 Å². The van der Waals surface area contributed by atoms with E-state index in [0.29, 0.717) is 0 Å². The van der Waals surface area contributed by atoms with Crippen LogP contribution in [0.25, 0.3) is 0 Å². The molecule has 0 aromatic heterocycles. The maximum atomic E-state index is 11.2. The summed E-state index contributed by atoms with van der Waals surface area (Å²) in [5, 5.41) is 10.9. The molecule has 0 aliphatic carbocycles. The molecule has 1 unspecified atom stereocenters. The second-order valence-corrected chi connectivity index (χ2v) is 3.39. The van der Waals surface area contributed by atoms with Gasteiger partial charge >= 0.3 is 11.9 Å². The monoisotopic (exact) mass is 241 g/mol. The fourth-order valence-corrected chi connectivity index (χ4v) is 0.901. The first kappa shape index (κ1) is 14.9. The SMILES string of the molecule is C=CC(=O)NC(C)COC(=O)C(=C)CC(=O)O. The molecule has 1 atom stereocenters. The van der Waals surface area contributed by atoms with E-state index >= 15 is 0 Å². The Balaban J connectivity index is 3.98. The van der Waals surface area contributed by atoms with E-state index < -0.39 is 18.4 Å². The van der Waals surface area contributed by atoms with Gasteiger partial charge in [-0.3, -0.25) is 9.59 Å². The lowest BCUT2D eigenvalue weighted by Gasteiger charge is -2.13. The second kappa shape index (κ2) is 7.21. The Morgan fingerprint density at radius 1 is 1.47 bits per heavy atom. The normalized spacial score (nSPS) is 11.1. The van der Waals surface area contributed by atoms with Crippen LogP contribution in [-0.2, 0) is 19.1 Å². The number of nitrogens with one attached hydrogen (secondary N) is 1. The number of carboxylic acids is 1. The lowest BCUT2D eigenvalue weighted by Crippen LogP contribution is -2.35. The molecule has 0 saturated heterocycles. The largest absolute Gasteiger partial charge is 0.481 e. The van der Waals surface area contributed by atoms with Gasteiger partial charge in [0.2, 0.25) is 5.91 Å². The van der Waals surface area contributed by atoms with Crippen molar-refractivity contribution in [3.05, 3.63) is 24.8 Å². The van der Waals surface area contributed by atoms with Crippen molar-refractivity contribution in [2.45, 2.75) is 19.4 Å². The van der Waals surface area contributed by atoms with Crippen LogP contribution in [0.2, 0.25) is 0 Å². The molecule has 0 fully saturated rings. The third kappa shape index (κ3) is 6.88. The minimum atomic E-state index is -1.15. The minimum Gasteiger partial charge on any atom is -0.481 e. The summed E-state index contributed by atoms with van der Waals surface area (Å²) in [5.41, 5.74) is -0.139. The molecule has 2 N–H and O–H groups in total. The van der Waals surface area contributed by atoms with Gasteiger partial charge in [0.25, 0.3) is 0 Å². The van der Waals surface area contributed by atoms with Crippen molar-refractivity contribution in [1.29, 1.82) is 0 Å². The van der Waals surface area contributed by atoms with Crippen LogP contribution in [0.5, 0.6) is 0 Å². The van der Waals surface area contributed by atoms with Gasteiger partial charge in [-0.2, -0.15) is 0 Å². The molecule has 94 valence electrons. The molecule has 0 aliphatic heterocycles. The summed E-state index contributed by atoms with van der Waals surface area (Å²) in [7, 11) is 0. The van der Waals surface area contributed by atoms with Crippen LogP contribution in [0.15, 0.2) is 24.8 Å². The number of esters is 1. The Hall–Kier alpha value is -2.11. The molecular formula is C11H15NO5. The summed E-state index contributed by atoms with van der Waals surface area (Å²) in [6.07, 6.45) is 0.633. The van der Waals surface area contributed by atoms with E-state index in [9.17, 15) is 14.4 Å². The highest BCUT2D eigenvalue weighted by Crippen LogP contribution is 2.01. The highest BCUT2D eigenvalue weighted by molar-refractivity contribution is 5.92. The van der Waals surface area contributed by atoms with Gasteiger partial charge in [-0.1, -0.05) is 13.2 Å². The molecule has 0 aromatic carbocycles.